The van der Waals surface area contributed by atoms with Gasteiger partial charge in [-0.1, -0.05) is 5.11 Å². The Morgan fingerprint density at radius 3 is 2.86 bits per heavy atom. The molecule has 1 aromatic heterocycles. The van der Waals surface area contributed by atoms with Crippen molar-refractivity contribution in [2.45, 2.75) is 25.9 Å². The molecule has 0 amide bonds. The van der Waals surface area contributed by atoms with E-state index >= 15 is 0 Å². The Morgan fingerprint density at radius 2 is 2.43 bits per heavy atom. The molecule has 0 radical (unpaired) electrons. The summed E-state index contributed by atoms with van der Waals surface area (Å²) in [6.45, 7) is 3.80. The van der Waals surface area contributed by atoms with Gasteiger partial charge in [0.1, 0.15) is 0 Å². The number of aliphatic hydroxyl groups excluding tert-OH is 1. The smallest absolute Gasteiger partial charge is 0.0886 e. The van der Waals surface area contributed by atoms with Crippen LogP contribution in [0.25, 0.3) is 10.4 Å². The molecule has 1 N–H and O–H groups in total. The van der Waals surface area contributed by atoms with Crippen molar-refractivity contribution in [3.63, 3.8) is 0 Å². The van der Waals surface area contributed by atoms with Gasteiger partial charge in [0.15, 0.2) is 0 Å². The maximum absolute atomic E-state index is 8.96. The minimum Gasteiger partial charge on any atom is -0.396 e. The molecule has 0 aliphatic rings. The lowest BCUT2D eigenvalue weighted by Crippen LogP contribution is -2.01. The summed E-state index contributed by atoms with van der Waals surface area (Å²) in [6.07, 6.45) is 3.38. The summed E-state index contributed by atoms with van der Waals surface area (Å²) >= 11 is 0. The number of aromatic nitrogens is 2. The molecule has 6 nitrogen and oxygen atoms in total. The zero-order valence-electron chi connectivity index (χ0n) is 8.20. The largest absolute Gasteiger partial charge is 0.396 e. The molecule has 1 rings (SSSR count). The van der Waals surface area contributed by atoms with Gasteiger partial charge in [0.2, 0.25) is 0 Å². The van der Waals surface area contributed by atoms with Crippen molar-refractivity contribution in [2.24, 2.45) is 5.11 Å². The summed E-state index contributed by atoms with van der Waals surface area (Å²) < 4.78 is 1.75. The average Bonchev–Trinajstić information content (AvgIpc) is 2.63. The van der Waals surface area contributed by atoms with Crippen molar-refractivity contribution in [1.29, 1.82) is 0 Å². The number of rotatable bonds is 4. The summed E-state index contributed by atoms with van der Waals surface area (Å²) in [5.74, 6) is 0. The Labute approximate surface area is 81.8 Å². The summed E-state index contributed by atoms with van der Waals surface area (Å²) in [6, 6.07) is -0.276. The van der Waals surface area contributed by atoms with Gasteiger partial charge in [-0.3, -0.25) is 4.68 Å². The zero-order valence-corrected chi connectivity index (χ0v) is 8.20. The first kappa shape index (κ1) is 10.6. The lowest BCUT2D eigenvalue weighted by molar-refractivity contribution is 0.268. The van der Waals surface area contributed by atoms with Crippen molar-refractivity contribution < 1.29 is 5.11 Å². The van der Waals surface area contributed by atoms with Crippen LogP contribution in [-0.2, 0) is 0 Å². The van der Waals surface area contributed by atoms with Gasteiger partial charge in [-0.25, -0.2) is 0 Å². The third kappa shape index (κ3) is 2.25. The van der Waals surface area contributed by atoms with Gasteiger partial charge >= 0.3 is 0 Å². The summed E-state index contributed by atoms with van der Waals surface area (Å²) in [4.78, 5) is 2.67. The maximum atomic E-state index is 8.96. The average molecular weight is 195 g/mol. The Hall–Kier alpha value is -1.52. The molecule has 0 saturated heterocycles. The third-order valence-electron chi connectivity index (χ3n) is 1.90. The monoisotopic (exact) mass is 195 g/mol. The fourth-order valence-corrected chi connectivity index (χ4v) is 1.08. The number of nitrogens with zero attached hydrogens (tertiary/aromatic N) is 5. The van der Waals surface area contributed by atoms with Gasteiger partial charge in [-0.2, -0.15) is 5.10 Å². The molecule has 0 spiro atoms. The molecular formula is C8H13N5O. The van der Waals surface area contributed by atoms with Gasteiger partial charge in [0, 0.05) is 22.7 Å². The fraction of sp³-hybridized carbons (Fsp3) is 0.625. The first-order chi connectivity index (χ1) is 6.69. The summed E-state index contributed by atoms with van der Waals surface area (Å²) in [5, 5.41) is 16.5. The fourth-order valence-electron chi connectivity index (χ4n) is 1.08. The van der Waals surface area contributed by atoms with Crippen LogP contribution in [0.3, 0.4) is 0 Å². The lowest BCUT2D eigenvalue weighted by atomic mass is 10.2. The van der Waals surface area contributed by atoms with Crippen LogP contribution < -0.4 is 0 Å². The number of hydrogen-bond donors (Lipinski definition) is 1. The van der Waals surface area contributed by atoms with Crippen molar-refractivity contribution in [2.75, 3.05) is 6.61 Å². The van der Waals surface area contributed by atoms with Crippen LogP contribution in [0.1, 0.15) is 31.5 Å². The number of hydrogen-bond acceptors (Lipinski definition) is 3. The van der Waals surface area contributed by atoms with Crippen LogP contribution in [0.2, 0.25) is 0 Å². The van der Waals surface area contributed by atoms with Crippen LogP contribution >= 0.6 is 0 Å². The third-order valence-corrected chi connectivity index (χ3v) is 1.90. The second kappa shape index (κ2) is 4.64. The Morgan fingerprint density at radius 1 is 1.71 bits per heavy atom. The Balaban J connectivity index is 2.88. The van der Waals surface area contributed by atoms with Crippen LogP contribution in [0, 0.1) is 0 Å². The second-order valence-electron chi connectivity index (χ2n) is 3.25. The predicted octanol–water partition coefficient (Wildman–Crippen LogP) is 1.81. The predicted molar refractivity (Wildman–Crippen MR) is 51.6 cm³/mol. The summed E-state index contributed by atoms with van der Waals surface area (Å²) in [5.41, 5.74) is 9.00. The molecule has 6 heteroatoms. The Kier molecular flexibility index (Phi) is 3.50. The van der Waals surface area contributed by atoms with Gasteiger partial charge < -0.3 is 5.11 Å². The molecule has 0 bridgehead atoms. The highest BCUT2D eigenvalue weighted by atomic mass is 16.3. The van der Waals surface area contributed by atoms with E-state index in [1.165, 1.54) is 0 Å². The number of azide groups is 1. The standard InChI is InChI=1S/C8H13N5O/c1-6(2)13-4-7(3-10-13)8(5-14)11-12-9/h3-4,6,8,14H,5H2,1-2H3. The van der Waals surface area contributed by atoms with Crippen molar-refractivity contribution in [1.82, 2.24) is 9.78 Å². The van der Waals surface area contributed by atoms with Gasteiger partial charge in [-0.15, -0.1) is 0 Å². The molecule has 0 aliphatic carbocycles. The van der Waals surface area contributed by atoms with Gasteiger partial charge in [0.05, 0.1) is 18.8 Å². The van der Waals surface area contributed by atoms with Crippen LogP contribution in [-0.4, -0.2) is 21.5 Å². The van der Waals surface area contributed by atoms with Crippen LogP contribution in [0.15, 0.2) is 17.5 Å². The van der Waals surface area contributed by atoms with E-state index in [-0.39, 0.29) is 12.6 Å². The minimum atomic E-state index is -0.535. The minimum absolute atomic E-state index is 0.201. The molecule has 1 heterocycles. The molecule has 0 fully saturated rings. The molecule has 76 valence electrons. The maximum Gasteiger partial charge on any atom is 0.0886 e. The van der Waals surface area contributed by atoms with E-state index in [4.69, 9.17) is 10.6 Å². The van der Waals surface area contributed by atoms with E-state index in [0.29, 0.717) is 0 Å². The molecule has 1 aromatic rings. The zero-order chi connectivity index (χ0) is 10.6. The first-order valence-corrected chi connectivity index (χ1v) is 4.38. The van der Waals surface area contributed by atoms with Crippen molar-refractivity contribution >= 4 is 0 Å². The van der Waals surface area contributed by atoms with E-state index < -0.39 is 6.04 Å². The highest BCUT2D eigenvalue weighted by Crippen LogP contribution is 2.17. The molecule has 0 aromatic carbocycles. The summed E-state index contributed by atoms with van der Waals surface area (Å²) in [7, 11) is 0. The molecule has 1 atom stereocenters. The van der Waals surface area contributed by atoms with E-state index in [1.54, 1.807) is 17.1 Å². The topological polar surface area (TPSA) is 86.8 Å². The second-order valence-corrected chi connectivity index (χ2v) is 3.25. The van der Waals surface area contributed by atoms with Crippen molar-refractivity contribution in [3.05, 3.63) is 28.4 Å². The molecule has 14 heavy (non-hydrogen) atoms. The van der Waals surface area contributed by atoms with E-state index in [0.717, 1.165) is 5.56 Å². The molecule has 0 aliphatic heterocycles. The van der Waals surface area contributed by atoms with Crippen LogP contribution in [0.5, 0.6) is 0 Å². The van der Waals surface area contributed by atoms with Gasteiger partial charge in [-0.05, 0) is 19.4 Å². The van der Waals surface area contributed by atoms with Crippen LogP contribution in [0.4, 0.5) is 0 Å². The van der Waals surface area contributed by atoms with Crippen molar-refractivity contribution in [3.8, 4) is 0 Å². The number of aliphatic hydroxyl groups is 1. The highest BCUT2D eigenvalue weighted by Gasteiger charge is 2.11. The highest BCUT2D eigenvalue weighted by molar-refractivity contribution is 5.10. The van der Waals surface area contributed by atoms with Gasteiger partial charge in [0.25, 0.3) is 0 Å². The quantitative estimate of drug-likeness (QED) is 0.451. The van der Waals surface area contributed by atoms with E-state index in [1.807, 2.05) is 13.8 Å². The Bertz CT molecular complexity index is 339. The first-order valence-electron chi connectivity index (χ1n) is 4.38. The van der Waals surface area contributed by atoms with E-state index in [9.17, 15) is 0 Å². The van der Waals surface area contributed by atoms with E-state index in [2.05, 4.69) is 15.1 Å². The lowest BCUT2D eigenvalue weighted by Gasteiger charge is -2.05. The molecule has 0 saturated carbocycles. The SMILES string of the molecule is CC(C)n1cc(C(CO)N=[N+]=[N-])cn1. The normalized spacial score (nSPS) is 12.6. The molecule has 1 unspecified atom stereocenters. The molecular weight excluding hydrogens is 182 g/mol.